The van der Waals surface area contributed by atoms with Crippen LogP contribution in [0.3, 0.4) is 0 Å². The predicted molar refractivity (Wildman–Crippen MR) is 69.4 cm³/mol. The van der Waals surface area contributed by atoms with Gasteiger partial charge >= 0.3 is 0 Å². The Morgan fingerprint density at radius 2 is 2.44 bits per heavy atom. The average molecular weight is 273 g/mol. The molecule has 0 spiro atoms. The number of carbonyl (C=O) groups excluding carboxylic acids is 2. The van der Waals surface area contributed by atoms with Crippen LogP contribution in [-0.4, -0.2) is 60.2 Å². The third kappa shape index (κ3) is 2.78. The van der Waals surface area contributed by atoms with Crippen LogP contribution in [0.4, 0.5) is 4.79 Å². The third-order valence-electron chi connectivity index (χ3n) is 3.53. The van der Waals surface area contributed by atoms with E-state index in [1.54, 1.807) is 12.0 Å². The van der Waals surface area contributed by atoms with Gasteiger partial charge in [-0.1, -0.05) is 11.8 Å². The lowest BCUT2D eigenvalue weighted by atomic mass is 9.98. The summed E-state index contributed by atoms with van der Waals surface area (Å²) in [6.45, 7) is 1.08. The van der Waals surface area contributed by atoms with E-state index in [-0.39, 0.29) is 23.3 Å². The highest BCUT2D eigenvalue weighted by molar-refractivity contribution is 8.14. The van der Waals surface area contributed by atoms with Crippen LogP contribution in [0.15, 0.2) is 0 Å². The van der Waals surface area contributed by atoms with Crippen molar-refractivity contribution < 1.29 is 14.3 Å². The number of piperidine rings is 1. The molecule has 102 valence electrons. The molecule has 2 fully saturated rings. The number of amides is 2. The van der Waals surface area contributed by atoms with E-state index >= 15 is 0 Å². The van der Waals surface area contributed by atoms with E-state index in [0.717, 1.165) is 24.6 Å². The standard InChI is InChI=1S/C11H19N3O3S/c1-17-8-2-3-14(7(4-8)5-12)10(15)9-6-18-11(16)13-9/h7-9H,2-6,12H2,1H3,(H,13,16). The van der Waals surface area contributed by atoms with Crippen molar-refractivity contribution >= 4 is 22.9 Å². The van der Waals surface area contributed by atoms with Crippen molar-refractivity contribution in [1.29, 1.82) is 0 Å². The van der Waals surface area contributed by atoms with Crippen LogP contribution in [-0.2, 0) is 9.53 Å². The van der Waals surface area contributed by atoms with Gasteiger partial charge in [-0.25, -0.2) is 0 Å². The van der Waals surface area contributed by atoms with Gasteiger partial charge in [-0.15, -0.1) is 0 Å². The van der Waals surface area contributed by atoms with Crippen molar-refractivity contribution in [2.75, 3.05) is 26.0 Å². The maximum absolute atomic E-state index is 12.3. The van der Waals surface area contributed by atoms with Crippen LogP contribution in [0.5, 0.6) is 0 Å². The number of rotatable bonds is 3. The molecule has 0 saturated carbocycles. The highest BCUT2D eigenvalue weighted by atomic mass is 32.2. The molecule has 2 rings (SSSR count). The van der Waals surface area contributed by atoms with Gasteiger partial charge in [0.2, 0.25) is 5.91 Å². The van der Waals surface area contributed by atoms with Gasteiger partial charge in [-0.2, -0.15) is 0 Å². The van der Waals surface area contributed by atoms with Gasteiger partial charge in [-0.05, 0) is 12.8 Å². The summed E-state index contributed by atoms with van der Waals surface area (Å²) in [4.78, 5) is 25.2. The number of nitrogens with zero attached hydrogens (tertiary/aromatic N) is 1. The van der Waals surface area contributed by atoms with Gasteiger partial charge in [0.1, 0.15) is 6.04 Å². The minimum atomic E-state index is -0.393. The van der Waals surface area contributed by atoms with Crippen molar-refractivity contribution in [3.8, 4) is 0 Å². The van der Waals surface area contributed by atoms with E-state index in [0.29, 0.717) is 18.8 Å². The van der Waals surface area contributed by atoms with E-state index in [2.05, 4.69) is 5.32 Å². The number of hydrogen-bond acceptors (Lipinski definition) is 5. The Balaban J connectivity index is 1.98. The molecule has 2 heterocycles. The molecule has 2 aliphatic heterocycles. The molecule has 2 saturated heterocycles. The Kier molecular flexibility index (Phi) is 4.47. The first-order chi connectivity index (χ1) is 8.65. The van der Waals surface area contributed by atoms with E-state index in [9.17, 15) is 9.59 Å². The summed E-state index contributed by atoms with van der Waals surface area (Å²) >= 11 is 1.16. The number of carbonyl (C=O) groups is 2. The van der Waals surface area contributed by atoms with Crippen LogP contribution in [0, 0.1) is 0 Å². The van der Waals surface area contributed by atoms with E-state index in [1.807, 2.05) is 0 Å². The number of nitrogens with one attached hydrogen (secondary N) is 1. The Hall–Kier alpha value is -0.790. The van der Waals surface area contributed by atoms with Crippen molar-refractivity contribution in [2.24, 2.45) is 5.73 Å². The Morgan fingerprint density at radius 1 is 1.67 bits per heavy atom. The second kappa shape index (κ2) is 5.90. The molecular formula is C11H19N3O3S. The fourth-order valence-corrected chi connectivity index (χ4v) is 3.23. The molecule has 0 aromatic heterocycles. The molecule has 3 N–H and O–H groups in total. The van der Waals surface area contributed by atoms with Crippen LogP contribution in [0.2, 0.25) is 0 Å². The quantitative estimate of drug-likeness (QED) is 0.742. The molecule has 0 aliphatic carbocycles. The van der Waals surface area contributed by atoms with Gasteiger partial charge < -0.3 is 20.7 Å². The van der Waals surface area contributed by atoms with Gasteiger partial charge in [0.25, 0.3) is 5.24 Å². The second-order valence-corrected chi connectivity index (χ2v) is 5.59. The molecule has 2 aliphatic rings. The third-order valence-corrected chi connectivity index (χ3v) is 4.41. The van der Waals surface area contributed by atoms with Gasteiger partial charge in [0.05, 0.1) is 6.10 Å². The van der Waals surface area contributed by atoms with E-state index in [1.165, 1.54) is 0 Å². The number of likely N-dealkylation sites (tertiary alicyclic amines) is 1. The molecule has 3 atom stereocenters. The predicted octanol–water partition coefficient (Wildman–Crippen LogP) is -0.224. The number of hydrogen-bond donors (Lipinski definition) is 2. The van der Waals surface area contributed by atoms with E-state index < -0.39 is 6.04 Å². The molecule has 2 amide bonds. The molecule has 3 unspecified atom stereocenters. The Bertz CT molecular complexity index is 339. The van der Waals surface area contributed by atoms with Crippen molar-refractivity contribution in [3.63, 3.8) is 0 Å². The van der Waals surface area contributed by atoms with Crippen LogP contribution in [0.1, 0.15) is 12.8 Å². The molecule has 0 bridgehead atoms. The van der Waals surface area contributed by atoms with Gasteiger partial charge in [-0.3, -0.25) is 9.59 Å². The monoisotopic (exact) mass is 273 g/mol. The Labute approximate surface area is 111 Å². The second-order valence-electron chi connectivity index (χ2n) is 4.60. The normalized spacial score (nSPS) is 32.4. The summed E-state index contributed by atoms with van der Waals surface area (Å²) in [5, 5.41) is 2.56. The molecular weight excluding hydrogens is 254 g/mol. The Morgan fingerprint density at radius 3 is 3.00 bits per heavy atom. The molecule has 0 aromatic carbocycles. The summed E-state index contributed by atoms with van der Waals surface area (Å²) in [7, 11) is 1.68. The zero-order valence-corrected chi connectivity index (χ0v) is 11.2. The molecule has 0 radical (unpaired) electrons. The zero-order chi connectivity index (χ0) is 13.1. The van der Waals surface area contributed by atoms with Crippen molar-refractivity contribution in [1.82, 2.24) is 10.2 Å². The lowest BCUT2D eigenvalue weighted by Crippen LogP contribution is -2.56. The molecule has 6 nitrogen and oxygen atoms in total. The minimum absolute atomic E-state index is 0.0127. The summed E-state index contributed by atoms with van der Waals surface area (Å²) < 4.78 is 5.33. The van der Waals surface area contributed by atoms with Crippen molar-refractivity contribution in [2.45, 2.75) is 31.0 Å². The topological polar surface area (TPSA) is 84.7 Å². The maximum Gasteiger partial charge on any atom is 0.279 e. The van der Waals surface area contributed by atoms with Crippen LogP contribution in [0.25, 0.3) is 0 Å². The number of thioether (sulfide) groups is 1. The fraction of sp³-hybridized carbons (Fsp3) is 0.818. The lowest BCUT2D eigenvalue weighted by Gasteiger charge is -2.39. The molecule has 7 heteroatoms. The summed E-state index contributed by atoms with van der Waals surface area (Å²) in [6, 6.07) is -0.380. The SMILES string of the molecule is COC1CCN(C(=O)C2CSC(=O)N2)C(CN)C1. The average Bonchev–Trinajstić information content (AvgIpc) is 2.83. The summed E-state index contributed by atoms with van der Waals surface area (Å²) in [6.07, 6.45) is 1.77. The number of ether oxygens (including phenoxy) is 1. The largest absolute Gasteiger partial charge is 0.381 e. The van der Waals surface area contributed by atoms with Crippen molar-refractivity contribution in [3.05, 3.63) is 0 Å². The number of methoxy groups -OCH3 is 1. The fourth-order valence-electron chi connectivity index (χ4n) is 2.46. The molecule has 18 heavy (non-hydrogen) atoms. The maximum atomic E-state index is 12.3. The first-order valence-electron chi connectivity index (χ1n) is 6.12. The van der Waals surface area contributed by atoms with Gasteiger partial charge in [0, 0.05) is 32.0 Å². The van der Waals surface area contributed by atoms with Crippen LogP contribution < -0.4 is 11.1 Å². The molecule has 0 aromatic rings. The summed E-state index contributed by atoms with van der Waals surface area (Å²) in [5.74, 6) is 0.498. The summed E-state index contributed by atoms with van der Waals surface area (Å²) in [5.41, 5.74) is 5.73. The highest BCUT2D eigenvalue weighted by Crippen LogP contribution is 2.22. The first-order valence-corrected chi connectivity index (χ1v) is 7.11. The first kappa shape index (κ1) is 13.6. The minimum Gasteiger partial charge on any atom is -0.381 e. The zero-order valence-electron chi connectivity index (χ0n) is 10.4. The lowest BCUT2D eigenvalue weighted by molar-refractivity contribution is -0.138. The van der Waals surface area contributed by atoms with Crippen LogP contribution >= 0.6 is 11.8 Å². The smallest absolute Gasteiger partial charge is 0.279 e. The number of nitrogens with two attached hydrogens (primary N) is 1. The van der Waals surface area contributed by atoms with E-state index in [4.69, 9.17) is 10.5 Å². The highest BCUT2D eigenvalue weighted by Gasteiger charge is 2.37. The van der Waals surface area contributed by atoms with Gasteiger partial charge in [0.15, 0.2) is 0 Å².